The van der Waals surface area contributed by atoms with Crippen LogP contribution in [0, 0.1) is 5.92 Å². The lowest BCUT2D eigenvalue weighted by Gasteiger charge is -2.42. The minimum atomic E-state index is 0.363. The fourth-order valence-electron chi connectivity index (χ4n) is 3.42. The van der Waals surface area contributed by atoms with E-state index >= 15 is 0 Å². The van der Waals surface area contributed by atoms with Crippen LogP contribution in [0.4, 0.5) is 0 Å². The zero-order valence-corrected chi connectivity index (χ0v) is 11.9. The van der Waals surface area contributed by atoms with Gasteiger partial charge in [-0.3, -0.25) is 0 Å². The molecule has 0 atom stereocenters. The van der Waals surface area contributed by atoms with Crippen LogP contribution in [0.3, 0.4) is 0 Å². The Labute approximate surface area is 110 Å². The van der Waals surface area contributed by atoms with Crippen LogP contribution in [0.15, 0.2) is 0 Å². The van der Waals surface area contributed by atoms with Crippen LogP contribution in [0.2, 0.25) is 0 Å². The molecular weight excluding hydrogens is 222 g/mol. The molecule has 1 aromatic heterocycles. The smallest absolute Gasteiger partial charge is 0.110 e. The lowest BCUT2D eigenvalue weighted by Crippen LogP contribution is -2.40. The molecule has 1 aliphatic heterocycles. The second-order valence-electron chi connectivity index (χ2n) is 6.63. The van der Waals surface area contributed by atoms with Gasteiger partial charge in [0.25, 0.3) is 0 Å². The largest absolute Gasteiger partial charge is 0.326 e. The van der Waals surface area contributed by atoms with Gasteiger partial charge < -0.3 is 9.88 Å². The van der Waals surface area contributed by atoms with Crippen LogP contribution in [0.1, 0.15) is 57.2 Å². The van der Waals surface area contributed by atoms with E-state index in [2.05, 4.69) is 30.7 Å². The lowest BCUT2D eigenvalue weighted by atomic mass is 9.77. The molecule has 1 fully saturated rings. The van der Waals surface area contributed by atoms with E-state index in [1.54, 1.807) is 0 Å². The Hall–Kier alpha value is -0.830. The molecule has 0 spiro atoms. The Morgan fingerprint density at radius 2 is 2.17 bits per heavy atom. The number of hydrogen-bond donors (Lipinski definition) is 1. The fourth-order valence-corrected chi connectivity index (χ4v) is 3.42. The summed E-state index contributed by atoms with van der Waals surface area (Å²) in [5.74, 6) is 2.02. The van der Waals surface area contributed by atoms with Crippen LogP contribution in [0.5, 0.6) is 0 Å². The Bertz CT molecular complexity index is 441. The van der Waals surface area contributed by atoms with E-state index in [4.69, 9.17) is 4.98 Å². The highest BCUT2D eigenvalue weighted by molar-refractivity contribution is 5.24. The van der Waals surface area contributed by atoms with Crippen molar-refractivity contribution < 1.29 is 0 Å². The minimum Gasteiger partial charge on any atom is -0.326 e. The quantitative estimate of drug-likeness (QED) is 0.890. The van der Waals surface area contributed by atoms with Gasteiger partial charge in [0, 0.05) is 37.2 Å². The van der Waals surface area contributed by atoms with Gasteiger partial charge in [-0.15, -0.1) is 0 Å². The van der Waals surface area contributed by atoms with Crippen LogP contribution >= 0.6 is 0 Å². The van der Waals surface area contributed by atoms with Crippen molar-refractivity contribution in [1.82, 2.24) is 14.9 Å². The summed E-state index contributed by atoms with van der Waals surface area (Å²) < 4.78 is 2.62. The molecule has 0 amide bonds. The molecule has 0 radical (unpaired) electrons. The Kier molecular flexibility index (Phi) is 2.97. The molecule has 1 aliphatic carbocycles. The molecule has 2 heterocycles. The monoisotopic (exact) mass is 247 g/mol. The maximum Gasteiger partial charge on any atom is 0.110 e. The van der Waals surface area contributed by atoms with Crippen LogP contribution < -0.4 is 5.32 Å². The number of imidazole rings is 1. The van der Waals surface area contributed by atoms with E-state index in [0.717, 1.165) is 25.9 Å². The Morgan fingerprint density at radius 3 is 2.78 bits per heavy atom. The molecular formula is C15H25N3. The summed E-state index contributed by atoms with van der Waals surface area (Å²) in [6, 6.07) is 0. The normalized spacial score (nSPS) is 21.8. The summed E-state index contributed by atoms with van der Waals surface area (Å²) >= 11 is 0. The number of nitrogens with one attached hydrogen (secondary N) is 1. The predicted octanol–water partition coefficient (Wildman–Crippen LogP) is 2.63. The molecule has 3 nitrogen and oxygen atoms in total. The van der Waals surface area contributed by atoms with Crippen LogP contribution in [-0.4, -0.2) is 16.1 Å². The molecule has 18 heavy (non-hydrogen) atoms. The molecule has 3 heteroatoms. The van der Waals surface area contributed by atoms with Crippen molar-refractivity contribution >= 4 is 0 Å². The van der Waals surface area contributed by atoms with E-state index in [-0.39, 0.29) is 0 Å². The number of aromatic nitrogens is 2. The van der Waals surface area contributed by atoms with Crippen molar-refractivity contribution in [3.63, 3.8) is 0 Å². The SMILES string of the molecule is CC(C)Cc1nc2c(n1C1(C)CCC1)CCNC2. The first-order valence-electron chi connectivity index (χ1n) is 7.41. The van der Waals surface area contributed by atoms with Crippen molar-refractivity contribution in [3.8, 4) is 0 Å². The predicted molar refractivity (Wildman–Crippen MR) is 73.7 cm³/mol. The van der Waals surface area contributed by atoms with Gasteiger partial charge in [-0.2, -0.15) is 0 Å². The average Bonchev–Trinajstić information content (AvgIpc) is 2.63. The number of nitrogens with zero attached hydrogens (tertiary/aromatic N) is 2. The molecule has 1 saturated carbocycles. The highest BCUT2D eigenvalue weighted by Crippen LogP contribution is 2.41. The van der Waals surface area contributed by atoms with Gasteiger partial charge in [-0.1, -0.05) is 13.8 Å². The van der Waals surface area contributed by atoms with Crippen molar-refractivity contribution in [2.75, 3.05) is 6.54 Å². The molecule has 0 aromatic carbocycles. The van der Waals surface area contributed by atoms with Gasteiger partial charge in [0.1, 0.15) is 5.82 Å². The molecule has 0 bridgehead atoms. The average molecular weight is 247 g/mol. The highest BCUT2D eigenvalue weighted by atomic mass is 15.2. The molecule has 100 valence electrons. The summed E-state index contributed by atoms with van der Waals surface area (Å²) in [6.07, 6.45) is 6.30. The van der Waals surface area contributed by atoms with Crippen molar-refractivity contribution in [1.29, 1.82) is 0 Å². The maximum absolute atomic E-state index is 4.94. The van der Waals surface area contributed by atoms with Crippen LogP contribution in [-0.2, 0) is 24.9 Å². The second-order valence-corrected chi connectivity index (χ2v) is 6.63. The third-order valence-electron chi connectivity index (χ3n) is 4.52. The van der Waals surface area contributed by atoms with Crippen molar-refractivity contribution in [2.45, 2.75) is 65.0 Å². The maximum atomic E-state index is 4.94. The van der Waals surface area contributed by atoms with Crippen molar-refractivity contribution in [3.05, 3.63) is 17.2 Å². The minimum absolute atomic E-state index is 0.363. The first kappa shape index (κ1) is 12.2. The van der Waals surface area contributed by atoms with Crippen molar-refractivity contribution in [2.24, 2.45) is 5.92 Å². The first-order valence-corrected chi connectivity index (χ1v) is 7.41. The molecule has 1 aromatic rings. The molecule has 0 saturated heterocycles. The van der Waals surface area contributed by atoms with E-state index < -0.39 is 0 Å². The van der Waals surface area contributed by atoms with Gasteiger partial charge in [-0.05, 0) is 32.1 Å². The standard InChI is InChI=1S/C15H25N3/c1-11(2)9-14-17-12-10-16-8-5-13(12)18(14)15(3)6-4-7-15/h11,16H,4-10H2,1-3H3. The van der Waals surface area contributed by atoms with Crippen LogP contribution in [0.25, 0.3) is 0 Å². The zero-order valence-electron chi connectivity index (χ0n) is 11.9. The Morgan fingerprint density at radius 1 is 1.39 bits per heavy atom. The third kappa shape index (κ3) is 1.89. The van der Waals surface area contributed by atoms with Gasteiger partial charge >= 0.3 is 0 Å². The molecule has 1 N–H and O–H groups in total. The van der Waals surface area contributed by atoms with Gasteiger partial charge in [-0.25, -0.2) is 4.98 Å². The van der Waals surface area contributed by atoms with Gasteiger partial charge in [0.05, 0.1) is 5.69 Å². The lowest BCUT2D eigenvalue weighted by molar-refractivity contribution is 0.157. The number of rotatable bonds is 3. The summed E-state index contributed by atoms with van der Waals surface area (Å²) in [4.78, 5) is 4.94. The number of fused-ring (bicyclic) bond motifs is 1. The van der Waals surface area contributed by atoms with E-state index in [1.807, 2.05) is 0 Å². The number of hydrogen-bond acceptors (Lipinski definition) is 2. The second kappa shape index (κ2) is 4.37. The third-order valence-corrected chi connectivity index (χ3v) is 4.52. The fraction of sp³-hybridized carbons (Fsp3) is 0.800. The van der Waals surface area contributed by atoms with E-state index in [0.29, 0.717) is 11.5 Å². The molecule has 3 rings (SSSR count). The summed E-state index contributed by atoms with van der Waals surface area (Å²) in [5.41, 5.74) is 3.19. The van der Waals surface area contributed by atoms with E-state index in [9.17, 15) is 0 Å². The first-order chi connectivity index (χ1) is 8.60. The summed E-state index contributed by atoms with van der Waals surface area (Å²) in [6.45, 7) is 9.07. The topological polar surface area (TPSA) is 29.9 Å². The van der Waals surface area contributed by atoms with E-state index in [1.165, 1.54) is 36.5 Å². The molecule has 0 unspecified atom stereocenters. The molecule has 2 aliphatic rings. The summed E-state index contributed by atoms with van der Waals surface area (Å²) in [7, 11) is 0. The summed E-state index contributed by atoms with van der Waals surface area (Å²) in [5, 5.41) is 3.45. The van der Waals surface area contributed by atoms with Gasteiger partial charge in [0.15, 0.2) is 0 Å². The zero-order chi connectivity index (χ0) is 12.8. The Balaban J connectivity index is 2.04. The highest BCUT2D eigenvalue weighted by Gasteiger charge is 2.38. The van der Waals surface area contributed by atoms with Gasteiger partial charge in [0.2, 0.25) is 0 Å².